The highest BCUT2D eigenvalue weighted by Gasteiger charge is 2.45. The number of carbonyl (C=O) groups is 5. The van der Waals surface area contributed by atoms with Crippen molar-refractivity contribution < 1.29 is 42.9 Å². The standard InChI is InChI=1S/C25H33N3O9.C2H6/c1-25(2,3)37-20(30)15-36-14-13-35-12-11-34-10-9-26-17-6-4-5-16-21(17)24(33)28(23(16)32)18-7-8-19(29)27-22(18)31;1-2/h4-6,18,26H,7-15H2,1-3H3,(H,27,29,31);1-2H3. The van der Waals surface area contributed by atoms with Crippen molar-refractivity contribution in [3.63, 3.8) is 0 Å². The monoisotopic (exact) mass is 549 g/mol. The van der Waals surface area contributed by atoms with Crippen LogP contribution in [0.15, 0.2) is 18.2 Å². The van der Waals surface area contributed by atoms with Gasteiger partial charge in [0.05, 0.1) is 44.2 Å². The van der Waals surface area contributed by atoms with E-state index >= 15 is 0 Å². The maximum Gasteiger partial charge on any atom is 0.332 e. The molecule has 1 atom stereocenters. The summed E-state index contributed by atoms with van der Waals surface area (Å²) in [5, 5.41) is 5.28. The van der Waals surface area contributed by atoms with E-state index in [0.717, 1.165) is 4.90 Å². The number of anilines is 1. The second-order valence-electron chi connectivity index (χ2n) is 9.47. The fourth-order valence-corrected chi connectivity index (χ4v) is 3.89. The first-order valence-electron chi connectivity index (χ1n) is 13.1. The Balaban J connectivity index is 0.00000260. The molecule has 0 aliphatic carbocycles. The molecule has 1 saturated heterocycles. The second kappa shape index (κ2) is 15.3. The average molecular weight is 550 g/mol. The quantitative estimate of drug-likeness (QED) is 0.212. The number of carbonyl (C=O) groups excluding carboxylic acids is 5. The third-order valence-corrected chi connectivity index (χ3v) is 5.41. The summed E-state index contributed by atoms with van der Waals surface area (Å²) in [6.07, 6.45) is 0.166. The molecular weight excluding hydrogens is 510 g/mol. The number of imide groups is 2. The number of rotatable bonds is 13. The van der Waals surface area contributed by atoms with E-state index < -0.39 is 41.2 Å². The molecule has 1 unspecified atom stereocenters. The van der Waals surface area contributed by atoms with Gasteiger partial charge in [0, 0.05) is 18.7 Å². The van der Waals surface area contributed by atoms with Crippen LogP contribution in [0.3, 0.4) is 0 Å². The lowest BCUT2D eigenvalue weighted by Gasteiger charge is -2.27. The van der Waals surface area contributed by atoms with Gasteiger partial charge in [-0.15, -0.1) is 0 Å². The number of benzene rings is 1. The van der Waals surface area contributed by atoms with Crippen LogP contribution < -0.4 is 10.6 Å². The Morgan fingerprint density at radius 3 is 2.26 bits per heavy atom. The van der Waals surface area contributed by atoms with Crippen LogP contribution in [0.2, 0.25) is 0 Å². The third-order valence-electron chi connectivity index (χ3n) is 5.41. The third kappa shape index (κ3) is 9.41. The van der Waals surface area contributed by atoms with Crippen LogP contribution >= 0.6 is 0 Å². The number of hydrogen-bond donors (Lipinski definition) is 2. The van der Waals surface area contributed by atoms with Crippen molar-refractivity contribution in [2.75, 3.05) is 51.5 Å². The average Bonchev–Trinajstić information content (AvgIpc) is 3.13. The summed E-state index contributed by atoms with van der Waals surface area (Å²) in [6.45, 7) is 11.1. The number of amides is 4. The Hall–Kier alpha value is -3.35. The molecule has 4 amide bonds. The predicted molar refractivity (Wildman–Crippen MR) is 141 cm³/mol. The Morgan fingerprint density at radius 1 is 0.974 bits per heavy atom. The first kappa shape index (κ1) is 31.9. The zero-order valence-corrected chi connectivity index (χ0v) is 23.3. The molecule has 1 aromatic carbocycles. The molecule has 12 heteroatoms. The zero-order chi connectivity index (χ0) is 29.0. The molecule has 216 valence electrons. The van der Waals surface area contributed by atoms with Gasteiger partial charge in [-0.05, 0) is 39.3 Å². The Bertz CT molecular complexity index is 1040. The van der Waals surface area contributed by atoms with Crippen LogP contribution in [-0.2, 0) is 33.3 Å². The molecule has 0 aromatic heterocycles. The molecule has 2 aliphatic rings. The summed E-state index contributed by atoms with van der Waals surface area (Å²) in [5.41, 5.74) is 0.328. The lowest BCUT2D eigenvalue weighted by atomic mass is 10.0. The van der Waals surface area contributed by atoms with Gasteiger partial charge in [0.15, 0.2) is 0 Å². The highest BCUT2D eigenvalue weighted by molar-refractivity contribution is 6.25. The highest BCUT2D eigenvalue weighted by Crippen LogP contribution is 2.32. The molecule has 2 aliphatic heterocycles. The van der Waals surface area contributed by atoms with Crippen molar-refractivity contribution in [3.05, 3.63) is 29.3 Å². The van der Waals surface area contributed by atoms with Crippen LogP contribution in [0.5, 0.6) is 0 Å². The molecule has 1 aromatic rings. The molecule has 0 bridgehead atoms. The Labute approximate surface area is 228 Å². The number of nitrogens with zero attached hydrogens (tertiary/aromatic N) is 1. The largest absolute Gasteiger partial charge is 0.458 e. The topological polar surface area (TPSA) is 150 Å². The van der Waals surface area contributed by atoms with Gasteiger partial charge in [-0.1, -0.05) is 19.9 Å². The van der Waals surface area contributed by atoms with E-state index in [1.54, 1.807) is 32.9 Å². The van der Waals surface area contributed by atoms with Gasteiger partial charge in [0.2, 0.25) is 11.8 Å². The summed E-state index contributed by atoms with van der Waals surface area (Å²) < 4.78 is 21.2. The lowest BCUT2D eigenvalue weighted by Crippen LogP contribution is -2.54. The molecular formula is C27H39N3O9. The van der Waals surface area contributed by atoms with Crippen LogP contribution in [0, 0.1) is 0 Å². The predicted octanol–water partition coefficient (Wildman–Crippen LogP) is 1.92. The number of ether oxygens (including phenoxy) is 4. The number of esters is 1. The van der Waals surface area contributed by atoms with Crippen molar-refractivity contribution in [1.82, 2.24) is 10.2 Å². The first-order chi connectivity index (χ1) is 18.6. The first-order valence-corrected chi connectivity index (χ1v) is 13.1. The van der Waals surface area contributed by atoms with E-state index in [1.807, 2.05) is 13.8 Å². The molecule has 2 N–H and O–H groups in total. The highest BCUT2D eigenvalue weighted by atomic mass is 16.6. The fraction of sp³-hybridized carbons (Fsp3) is 0.593. The number of fused-ring (bicyclic) bond motifs is 1. The van der Waals surface area contributed by atoms with Crippen LogP contribution in [0.25, 0.3) is 0 Å². The molecule has 2 heterocycles. The van der Waals surface area contributed by atoms with Gasteiger partial charge in [-0.25, -0.2) is 4.79 Å². The fourth-order valence-electron chi connectivity index (χ4n) is 3.89. The number of nitrogens with one attached hydrogen (secondary N) is 2. The maximum atomic E-state index is 13.1. The lowest BCUT2D eigenvalue weighted by molar-refractivity contribution is -0.160. The molecule has 12 nitrogen and oxygen atoms in total. The van der Waals surface area contributed by atoms with E-state index in [4.69, 9.17) is 18.9 Å². The van der Waals surface area contributed by atoms with E-state index in [9.17, 15) is 24.0 Å². The SMILES string of the molecule is CC.CC(C)(C)OC(=O)COCCOCCOCCNc1cccc2c1C(=O)N(C1CCC(=O)NC1=O)C2=O. The van der Waals surface area contributed by atoms with Crippen LogP contribution in [0.4, 0.5) is 5.69 Å². The van der Waals surface area contributed by atoms with Gasteiger partial charge in [0.25, 0.3) is 11.8 Å². The summed E-state index contributed by atoms with van der Waals surface area (Å²) in [4.78, 5) is 62.0. The van der Waals surface area contributed by atoms with Gasteiger partial charge >= 0.3 is 5.97 Å². The summed E-state index contributed by atoms with van der Waals surface area (Å²) >= 11 is 0. The van der Waals surface area contributed by atoms with Crippen molar-refractivity contribution >= 4 is 35.3 Å². The van der Waals surface area contributed by atoms with Crippen molar-refractivity contribution in [1.29, 1.82) is 0 Å². The van der Waals surface area contributed by atoms with Gasteiger partial charge in [-0.2, -0.15) is 0 Å². The van der Waals surface area contributed by atoms with Gasteiger partial charge < -0.3 is 24.3 Å². The Morgan fingerprint density at radius 2 is 1.62 bits per heavy atom. The number of piperidine rings is 1. The van der Waals surface area contributed by atoms with Crippen molar-refractivity contribution in [2.45, 2.75) is 59.1 Å². The van der Waals surface area contributed by atoms with Crippen LogP contribution in [0.1, 0.15) is 68.2 Å². The normalized spacial score (nSPS) is 16.8. The summed E-state index contributed by atoms with van der Waals surface area (Å²) in [6, 6.07) is 3.86. The minimum absolute atomic E-state index is 0.0646. The minimum Gasteiger partial charge on any atom is -0.458 e. The minimum atomic E-state index is -1.01. The summed E-state index contributed by atoms with van der Waals surface area (Å²) in [5.74, 6) is -2.62. The van der Waals surface area contributed by atoms with Gasteiger partial charge in [-0.3, -0.25) is 29.4 Å². The van der Waals surface area contributed by atoms with Crippen molar-refractivity contribution in [2.24, 2.45) is 0 Å². The molecule has 0 saturated carbocycles. The van der Waals surface area contributed by atoms with Crippen molar-refractivity contribution in [3.8, 4) is 0 Å². The molecule has 0 radical (unpaired) electrons. The maximum absolute atomic E-state index is 13.1. The molecule has 0 spiro atoms. The number of hydrogen-bond acceptors (Lipinski definition) is 10. The van der Waals surface area contributed by atoms with Gasteiger partial charge in [0.1, 0.15) is 18.2 Å². The smallest absolute Gasteiger partial charge is 0.332 e. The van der Waals surface area contributed by atoms with E-state index in [2.05, 4.69) is 10.6 Å². The van der Waals surface area contributed by atoms with Crippen LogP contribution in [-0.4, -0.2) is 92.3 Å². The molecule has 39 heavy (non-hydrogen) atoms. The Kier molecular flexibility index (Phi) is 12.5. The molecule has 1 fully saturated rings. The summed E-state index contributed by atoms with van der Waals surface area (Å²) in [7, 11) is 0. The van der Waals surface area contributed by atoms with E-state index in [1.165, 1.54) is 6.07 Å². The second-order valence-corrected chi connectivity index (χ2v) is 9.47. The molecule has 3 rings (SSSR count). The zero-order valence-electron chi connectivity index (χ0n) is 23.3. The van der Waals surface area contributed by atoms with E-state index in [-0.39, 0.29) is 37.2 Å². The van der Waals surface area contributed by atoms with E-state index in [0.29, 0.717) is 38.7 Å².